The largest absolute Gasteiger partial charge is 0.478 e. The number of benzene rings is 1. The van der Waals surface area contributed by atoms with E-state index in [9.17, 15) is 9.59 Å². The van der Waals surface area contributed by atoms with Gasteiger partial charge in [0.25, 0.3) is 0 Å². The lowest BCUT2D eigenvalue weighted by atomic mass is 10.1. The smallest absolute Gasteiger partial charge is 0.341 e. The minimum Gasteiger partial charge on any atom is -0.478 e. The van der Waals surface area contributed by atoms with Crippen LogP contribution < -0.4 is 5.73 Å². The molecule has 0 saturated heterocycles. The average Bonchev–Trinajstić information content (AvgIpc) is 2.12. The highest BCUT2D eigenvalue weighted by Crippen LogP contribution is 2.26. The highest BCUT2D eigenvalue weighted by atomic mass is 79.9. The molecular weight excluding hydrogens is 302 g/mol. The van der Waals surface area contributed by atoms with Crippen LogP contribution in [0.5, 0.6) is 0 Å². The number of hydrogen-bond acceptors (Lipinski definition) is 4. The van der Waals surface area contributed by atoms with E-state index in [1.54, 1.807) is 20.8 Å². The van der Waals surface area contributed by atoms with Gasteiger partial charge in [0.1, 0.15) is 5.60 Å². The Bertz CT molecular complexity index is 506. The molecule has 0 aliphatic heterocycles. The SMILES string of the molecule is CC(C)(C)OC(=O)c1c(N)cc(Br)cc1C(=O)O. The highest BCUT2D eigenvalue weighted by Gasteiger charge is 2.25. The first-order valence-corrected chi connectivity index (χ1v) is 5.97. The Morgan fingerprint density at radius 1 is 1.33 bits per heavy atom. The van der Waals surface area contributed by atoms with Crippen LogP contribution in [0.3, 0.4) is 0 Å². The maximum Gasteiger partial charge on any atom is 0.341 e. The number of hydrogen-bond donors (Lipinski definition) is 2. The summed E-state index contributed by atoms with van der Waals surface area (Å²) in [6.45, 7) is 5.08. The fourth-order valence-corrected chi connectivity index (χ4v) is 1.83. The van der Waals surface area contributed by atoms with Gasteiger partial charge in [-0.1, -0.05) is 15.9 Å². The van der Waals surface area contributed by atoms with E-state index in [1.165, 1.54) is 12.1 Å². The van der Waals surface area contributed by atoms with Crippen LogP contribution in [0.15, 0.2) is 16.6 Å². The van der Waals surface area contributed by atoms with Crippen LogP contribution in [-0.4, -0.2) is 22.6 Å². The van der Waals surface area contributed by atoms with E-state index in [4.69, 9.17) is 15.6 Å². The number of carbonyl (C=O) groups excluding carboxylic acids is 1. The molecule has 0 radical (unpaired) electrons. The van der Waals surface area contributed by atoms with Crippen LogP contribution in [0.1, 0.15) is 41.5 Å². The van der Waals surface area contributed by atoms with Gasteiger partial charge in [-0.15, -0.1) is 0 Å². The number of nitrogens with two attached hydrogens (primary N) is 1. The Morgan fingerprint density at radius 3 is 2.33 bits per heavy atom. The van der Waals surface area contributed by atoms with Gasteiger partial charge in [0, 0.05) is 10.2 Å². The fourth-order valence-electron chi connectivity index (χ4n) is 1.35. The van der Waals surface area contributed by atoms with Crippen molar-refractivity contribution >= 4 is 33.6 Å². The monoisotopic (exact) mass is 315 g/mol. The summed E-state index contributed by atoms with van der Waals surface area (Å²) in [6, 6.07) is 2.78. The number of halogens is 1. The van der Waals surface area contributed by atoms with Crippen LogP contribution >= 0.6 is 15.9 Å². The molecule has 1 aromatic rings. The molecule has 0 amide bonds. The maximum absolute atomic E-state index is 11.9. The molecule has 1 aromatic carbocycles. The second-order valence-corrected chi connectivity index (χ2v) is 5.64. The first-order valence-electron chi connectivity index (χ1n) is 5.17. The number of aromatic carboxylic acids is 1. The Kier molecular flexibility index (Phi) is 4.01. The molecule has 0 spiro atoms. The molecule has 0 bridgehead atoms. The van der Waals surface area contributed by atoms with Crippen molar-refractivity contribution in [1.29, 1.82) is 0 Å². The van der Waals surface area contributed by atoms with E-state index in [2.05, 4.69) is 15.9 Å². The molecule has 0 aromatic heterocycles. The van der Waals surface area contributed by atoms with Crippen LogP contribution in [-0.2, 0) is 4.74 Å². The van der Waals surface area contributed by atoms with Crippen LogP contribution in [0.4, 0.5) is 5.69 Å². The molecule has 0 atom stereocenters. The molecule has 0 saturated carbocycles. The van der Waals surface area contributed by atoms with E-state index >= 15 is 0 Å². The lowest BCUT2D eigenvalue weighted by Crippen LogP contribution is -2.26. The predicted molar refractivity (Wildman–Crippen MR) is 70.7 cm³/mol. The van der Waals surface area contributed by atoms with Crippen LogP contribution in [0, 0.1) is 0 Å². The third-order valence-electron chi connectivity index (χ3n) is 1.97. The van der Waals surface area contributed by atoms with Crippen molar-refractivity contribution in [2.75, 3.05) is 5.73 Å². The quantitative estimate of drug-likeness (QED) is 0.647. The van der Waals surface area contributed by atoms with Gasteiger partial charge in [0.15, 0.2) is 0 Å². The number of nitrogen functional groups attached to an aromatic ring is 1. The molecular formula is C12H14BrNO4. The lowest BCUT2D eigenvalue weighted by Gasteiger charge is -2.20. The summed E-state index contributed by atoms with van der Waals surface area (Å²) in [7, 11) is 0. The van der Waals surface area contributed by atoms with Crippen molar-refractivity contribution in [3.8, 4) is 0 Å². The van der Waals surface area contributed by atoms with Gasteiger partial charge in [0.2, 0.25) is 0 Å². The van der Waals surface area contributed by atoms with Crippen molar-refractivity contribution in [3.05, 3.63) is 27.7 Å². The van der Waals surface area contributed by atoms with E-state index in [0.717, 1.165) is 0 Å². The van der Waals surface area contributed by atoms with Crippen molar-refractivity contribution in [2.24, 2.45) is 0 Å². The second-order valence-electron chi connectivity index (χ2n) is 4.72. The predicted octanol–water partition coefficient (Wildman–Crippen LogP) is 2.68. The summed E-state index contributed by atoms with van der Waals surface area (Å²) >= 11 is 3.13. The molecule has 0 heterocycles. The van der Waals surface area contributed by atoms with Gasteiger partial charge in [0.05, 0.1) is 11.1 Å². The van der Waals surface area contributed by atoms with Crippen molar-refractivity contribution in [1.82, 2.24) is 0 Å². The molecule has 1 rings (SSSR count). The molecule has 5 nitrogen and oxygen atoms in total. The van der Waals surface area contributed by atoms with Gasteiger partial charge in [-0.3, -0.25) is 0 Å². The molecule has 3 N–H and O–H groups in total. The van der Waals surface area contributed by atoms with E-state index in [0.29, 0.717) is 4.47 Å². The van der Waals surface area contributed by atoms with Gasteiger partial charge < -0.3 is 15.6 Å². The summed E-state index contributed by atoms with van der Waals surface area (Å²) < 4.78 is 5.63. The van der Waals surface area contributed by atoms with Gasteiger partial charge >= 0.3 is 11.9 Å². The van der Waals surface area contributed by atoms with Gasteiger partial charge in [-0.25, -0.2) is 9.59 Å². The third kappa shape index (κ3) is 3.46. The number of esters is 1. The average molecular weight is 316 g/mol. The van der Waals surface area contributed by atoms with Crippen molar-refractivity contribution in [2.45, 2.75) is 26.4 Å². The van der Waals surface area contributed by atoms with Gasteiger partial charge in [-0.2, -0.15) is 0 Å². The zero-order valence-corrected chi connectivity index (χ0v) is 11.9. The number of rotatable bonds is 2. The van der Waals surface area contributed by atoms with Crippen LogP contribution in [0.2, 0.25) is 0 Å². The Balaban J connectivity index is 3.31. The molecule has 98 valence electrons. The first kappa shape index (κ1) is 14.5. The Labute approximate surface area is 113 Å². The molecule has 18 heavy (non-hydrogen) atoms. The van der Waals surface area contributed by atoms with Crippen molar-refractivity contribution in [3.63, 3.8) is 0 Å². The fraction of sp³-hybridized carbons (Fsp3) is 0.333. The second kappa shape index (κ2) is 4.97. The summed E-state index contributed by atoms with van der Waals surface area (Å²) in [6.07, 6.45) is 0. The third-order valence-corrected chi connectivity index (χ3v) is 2.42. The summed E-state index contributed by atoms with van der Waals surface area (Å²) in [5, 5.41) is 9.08. The topological polar surface area (TPSA) is 89.6 Å². The summed E-state index contributed by atoms with van der Waals surface area (Å²) in [5.74, 6) is -1.98. The molecule has 0 aliphatic carbocycles. The van der Waals surface area contributed by atoms with E-state index < -0.39 is 17.5 Å². The highest BCUT2D eigenvalue weighted by molar-refractivity contribution is 9.10. The first-order chi connectivity index (χ1) is 8.11. The number of anilines is 1. The zero-order chi connectivity index (χ0) is 14.1. The van der Waals surface area contributed by atoms with E-state index in [-0.39, 0.29) is 16.8 Å². The molecule has 0 fully saturated rings. The van der Waals surface area contributed by atoms with Crippen molar-refractivity contribution < 1.29 is 19.4 Å². The molecule has 0 unspecified atom stereocenters. The maximum atomic E-state index is 11.9. The standard InChI is InChI=1S/C12H14BrNO4/c1-12(2,3)18-11(17)9-7(10(15)16)4-6(13)5-8(9)14/h4-5H,14H2,1-3H3,(H,15,16). The number of carboxylic acids is 1. The summed E-state index contributed by atoms with van der Waals surface area (Å²) in [4.78, 5) is 23.0. The number of carboxylic acid groups (broad SMARTS) is 1. The minimum atomic E-state index is -1.23. The zero-order valence-electron chi connectivity index (χ0n) is 10.3. The Hall–Kier alpha value is -1.56. The van der Waals surface area contributed by atoms with Gasteiger partial charge in [-0.05, 0) is 32.9 Å². The summed E-state index contributed by atoms with van der Waals surface area (Å²) in [5.41, 5.74) is 4.73. The Morgan fingerprint density at radius 2 is 1.89 bits per heavy atom. The molecule has 0 aliphatic rings. The number of ether oxygens (including phenoxy) is 1. The number of carbonyl (C=O) groups is 2. The molecule has 6 heteroatoms. The van der Waals surface area contributed by atoms with E-state index in [1.807, 2.05) is 0 Å². The lowest BCUT2D eigenvalue weighted by molar-refractivity contribution is 0.00671. The van der Waals surface area contributed by atoms with Crippen LogP contribution in [0.25, 0.3) is 0 Å². The minimum absolute atomic E-state index is 0.0658. The normalized spacial score (nSPS) is 11.1.